The number of rotatable bonds is 3. The SMILES string of the molecule is O=C(C1CC1)C(I)c1ccccc1F. The van der Waals surface area contributed by atoms with E-state index in [2.05, 4.69) is 0 Å². The summed E-state index contributed by atoms with van der Waals surface area (Å²) in [7, 11) is 0. The Balaban J connectivity index is 2.21. The third kappa shape index (κ3) is 1.97. The lowest BCUT2D eigenvalue weighted by Gasteiger charge is -2.08. The molecule has 1 aliphatic rings. The van der Waals surface area contributed by atoms with E-state index in [1.54, 1.807) is 18.2 Å². The first-order valence-corrected chi connectivity index (χ1v) is 5.87. The van der Waals surface area contributed by atoms with Gasteiger partial charge in [0.1, 0.15) is 5.82 Å². The van der Waals surface area contributed by atoms with Gasteiger partial charge in [0.25, 0.3) is 0 Å². The number of halogens is 2. The van der Waals surface area contributed by atoms with E-state index in [-0.39, 0.29) is 21.4 Å². The Labute approximate surface area is 95.8 Å². The zero-order valence-corrected chi connectivity index (χ0v) is 9.70. The molecule has 0 bridgehead atoms. The molecule has 1 aromatic rings. The first-order valence-electron chi connectivity index (χ1n) is 4.62. The van der Waals surface area contributed by atoms with Crippen LogP contribution in [-0.2, 0) is 4.79 Å². The average molecular weight is 304 g/mol. The van der Waals surface area contributed by atoms with Gasteiger partial charge in [-0.2, -0.15) is 0 Å². The standard InChI is InChI=1S/C11H10FIO/c12-9-4-2-1-3-8(9)10(13)11(14)7-5-6-7/h1-4,7,10H,5-6H2. The van der Waals surface area contributed by atoms with Crippen molar-refractivity contribution in [3.05, 3.63) is 35.6 Å². The minimum atomic E-state index is -0.318. The molecule has 1 aromatic carbocycles. The molecule has 2 rings (SSSR count). The zero-order valence-electron chi connectivity index (χ0n) is 7.54. The zero-order chi connectivity index (χ0) is 10.1. The monoisotopic (exact) mass is 304 g/mol. The Morgan fingerprint density at radius 1 is 1.43 bits per heavy atom. The first-order chi connectivity index (χ1) is 6.70. The van der Waals surface area contributed by atoms with Crippen molar-refractivity contribution in [2.24, 2.45) is 5.92 Å². The van der Waals surface area contributed by atoms with Gasteiger partial charge in [-0.1, -0.05) is 40.8 Å². The highest BCUT2D eigenvalue weighted by molar-refractivity contribution is 14.1. The smallest absolute Gasteiger partial charge is 0.153 e. The molecule has 0 spiro atoms. The summed E-state index contributed by atoms with van der Waals surface area (Å²) in [6.07, 6.45) is 1.96. The molecule has 0 heterocycles. The molecule has 0 saturated heterocycles. The topological polar surface area (TPSA) is 17.1 Å². The molecule has 1 fully saturated rings. The fourth-order valence-corrected chi connectivity index (χ4v) is 2.42. The maximum atomic E-state index is 13.3. The van der Waals surface area contributed by atoms with Gasteiger partial charge < -0.3 is 0 Å². The summed E-state index contributed by atoms with van der Waals surface area (Å²) < 4.78 is 13.0. The molecular formula is C11H10FIO. The summed E-state index contributed by atoms with van der Waals surface area (Å²) in [6, 6.07) is 6.50. The number of hydrogen-bond acceptors (Lipinski definition) is 1. The van der Waals surface area contributed by atoms with Crippen LogP contribution < -0.4 is 0 Å². The van der Waals surface area contributed by atoms with Crippen LogP contribution in [0.2, 0.25) is 0 Å². The van der Waals surface area contributed by atoms with Crippen molar-refractivity contribution in [1.82, 2.24) is 0 Å². The fourth-order valence-electron chi connectivity index (χ4n) is 1.41. The molecule has 14 heavy (non-hydrogen) atoms. The van der Waals surface area contributed by atoms with Crippen LogP contribution in [0.15, 0.2) is 24.3 Å². The third-order valence-corrected chi connectivity index (χ3v) is 3.69. The van der Waals surface area contributed by atoms with E-state index in [1.807, 2.05) is 22.6 Å². The van der Waals surface area contributed by atoms with Crippen LogP contribution in [-0.4, -0.2) is 5.78 Å². The predicted octanol–water partition coefficient (Wildman–Crippen LogP) is 3.28. The summed E-state index contributed by atoms with van der Waals surface area (Å²) in [5.74, 6) is 0.0908. The highest BCUT2D eigenvalue weighted by atomic mass is 127. The van der Waals surface area contributed by atoms with Crippen molar-refractivity contribution in [3.8, 4) is 0 Å². The minimum Gasteiger partial charge on any atom is -0.298 e. The number of benzene rings is 1. The van der Waals surface area contributed by atoms with Crippen molar-refractivity contribution in [2.75, 3.05) is 0 Å². The summed E-state index contributed by atoms with van der Waals surface area (Å²) in [6.45, 7) is 0. The van der Waals surface area contributed by atoms with Gasteiger partial charge in [-0.3, -0.25) is 4.79 Å². The number of ketones is 1. The number of alkyl halides is 1. The number of Topliss-reactive ketones (excluding diaryl/α,β-unsaturated/α-hetero) is 1. The maximum Gasteiger partial charge on any atom is 0.153 e. The Bertz CT molecular complexity index is 360. The normalized spacial score (nSPS) is 17.9. The van der Waals surface area contributed by atoms with Crippen molar-refractivity contribution >= 4 is 28.4 Å². The lowest BCUT2D eigenvalue weighted by atomic mass is 10.1. The van der Waals surface area contributed by atoms with Gasteiger partial charge in [-0.05, 0) is 18.9 Å². The summed E-state index contributed by atoms with van der Waals surface area (Å²) in [5.41, 5.74) is 0.519. The van der Waals surface area contributed by atoms with E-state index in [0.717, 1.165) is 12.8 Å². The van der Waals surface area contributed by atoms with Crippen LogP contribution in [0.3, 0.4) is 0 Å². The van der Waals surface area contributed by atoms with Crippen LogP contribution >= 0.6 is 22.6 Å². The van der Waals surface area contributed by atoms with Crippen LogP contribution in [0.1, 0.15) is 22.3 Å². The van der Waals surface area contributed by atoms with Crippen molar-refractivity contribution in [1.29, 1.82) is 0 Å². The minimum absolute atomic E-state index is 0.177. The van der Waals surface area contributed by atoms with E-state index in [0.29, 0.717) is 5.56 Å². The molecule has 3 heteroatoms. The van der Waals surface area contributed by atoms with Gasteiger partial charge in [0.15, 0.2) is 5.78 Å². The largest absolute Gasteiger partial charge is 0.298 e. The molecule has 1 saturated carbocycles. The van der Waals surface area contributed by atoms with Crippen LogP contribution in [0.5, 0.6) is 0 Å². The Kier molecular flexibility index (Phi) is 2.85. The van der Waals surface area contributed by atoms with Gasteiger partial charge in [0.05, 0.1) is 3.92 Å². The van der Waals surface area contributed by atoms with Crippen molar-refractivity contribution in [3.63, 3.8) is 0 Å². The lowest BCUT2D eigenvalue weighted by Crippen LogP contribution is -2.09. The summed E-state index contributed by atoms with van der Waals surface area (Å²) in [4.78, 5) is 11.7. The maximum absolute atomic E-state index is 13.3. The summed E-state index contributed by atoms with van der Waals surface area (Å²) >= 11 is 2.02. The summed E-state index contributed by atoms with van der Waals surface area (Å²) in [5, 5.41) is 0. The van der Waals surface area contributed by atoms with Gasteiger partial charge >= 0.3 is 0 Å². The number of hydrogen-bond donors (Lipinski definition) is 0. The van der Waals surface area contributed by atoms with Crippen LogP contribution in [0.25, 0.3) is 0 Å². The van der Waals surface area contributed by atoms with Crippen LogP contribution in [0.4, 0.5) is 4.39 Å². The van der Waals surface area contributed by atoms with Gasteiger partial charge in [-0.15, -0.1) is 0 Å². The number of carbonyl (C=O) groups is 1. The molecule has 0 aliphatic heterocycles. The molecule has 0 radical (unpaired) electrons. The molecule has 0 aromatic heterocycles. The third-order valence-electron chi connectivity index (χ3n) is 2.41. The van der Waals surface area contributed by atoms with Gasteiger partial charge in [0.2, 0.25) is 0 Å². The second-order valence-electron chi connectivity index (χ2n) is 3.56. The quantitative estimate of drug-likeness (QED) is 0.619. The van der Waals surface area contributed by atoms with Crippen LogP contribution in [0, 0.1) is 11.7 Å². The molecule has 1 nitrogen and oxygen atoms in total. The van der Waals surface area contributed by atoms with Crippen molar-refractivity contribution in [2.45, 2.75) is 16.8 Å². The van der Waals surface area contributed by atoms with Crippen molar-refractivity contribution < 1.29 is 9.18 Å². The van der Waals surface area contributed by atoms with E-state index in [9.17, 15) is 9.18 Å². The molecule has 1 atom stereocenters. The highest BCUT2D eigenvalue weighted by Gasteiger charge is 2.34. The molecule has 0 amide bonds. The van der Waals surface area contributed by atoms with Gasteiger partial charge in [0, 0.05) is 11.5 Å². The van der Waals surface area contributed by atoms with E-state index >= 15 is 0 Å². The highest BCUT2D eigenvalue weighted by Crippen LogP contribution is 2.38. The Hall–Kier alpha value is -0.450. The Morgan fingerprint density at radius 2 is 2.07 bits per heavy atom. The molecule has 1 unspecified atom stereocenters. The molecule has 1 aliphatic carbocycles. The first kappa shape index (κ1) is 10.1. The predicted molar refractivity (Wildman–Crippen MR) is 60.9 cm³/mol. The lowest BCUT2D eigenvalue weighted by molar-refractivity contribution is -0.119. The van der Waals surface area contributed by atoms with E-state index in [1.165, 1.54) is 6.07 Å². The molecule has 74 valence electrons. The second-order valence-corrected chi connectivity index (χ2v) is 4.81. The van der Waals surface area contributed by atoms with Gasteiger partial charge in [-0.25, -0.2) is 4.39 Å². The molecular weight excluding hydrogens is 294 g/mol. The number of carbonyl (C=O) groups excluding carboxylic acids is 1. The van der Waals surface area contributed by atoms with E-state index in [4.69, 9.17) is 0 Å². The molecule has 0 N–H and O–H groups in total. The fraction of sp³-hybridized carbons (Fsp3) is 0.364. The Morgan fingerprint density at radius 3 is 2.64 bits per heavy atom. The average Bonchev–Trinajstić information content (AvgIpc) is 3.00. The second kappa shape index (κ2) is 3.96. The van der Waals surface area contributed by atoms with E-state index < -0.39 is 0 Å².